The van der Waals surface area contributed by atoms with Gasteiger partial charge in [0.1, 0.15) is 5.82 Å². The molecule has 0 bridgehead atoms. The molecule has 3 unspecified atom stereocenters. The number of fused-ring (bicyclic) bond motifs is 2. The Morgan fingerprint density at radius 1 is 1.22 bits per heavy atom. The molecule has 0 amide bonds. The fraction of sp³-hybridized carbons (Fsp3) is 0.391. The number of phenolic OH excluding ortho intramolecular Hbond substituents is 1. The van der Waals surface area contributed by atoms with Gasteiger partial charge < -0.3 is 15.5 Å². The molecule has 0 fully saturated rings. The average molecular weight is 449 g/mol. The summed E-state index contributed by atoms with van der Waals surface area (Å²) in [4.78, 5) is 8.42. The monoisotopic (exact) mass is 449 g/mol. The summed E-state index contributed by atoms with van der Waals surface area (Å²) in [6, 6.07) is 5.35. The Morgan fingerprint density at radius 3 is 2.66 bits per heavy atom. The molecule has 170 valence electrons. The Labute approximate surface area is 182 Å². The fourth-order valence-electron chi connectivity index (χ4n) is 4.63. The first kappa shape index (κ1) is 22.3. The number of alkyl halides is 3. The van der Waals surface area contributed by atoms with E-state index in [1.807, 2.05) is 0 Å². The molecule has 1 aromatic heterocycles. The predicted molar refractivity (Wildman–Crippen MR) is 112 cm³/mol. The summed E-state index contributed by atoms with van der Waals surface area (Å²) >= 11 is 0. The predicted octanol–water partition coefficient (Wildman–Crippen LogP) is 5.52. The zero-order chi connectivity index (χ0) is 23.3. The summed E-state index contributed by atoms with van der Waals surface area (Å²) in [5.74, 6) is -1.93. The first-order chi connectivity index (χ1) is 15.1. The largest absolute Gasteiger partial charge is 0.505 e. The van der Waals surface area contributed by atoms with Crippen molar-refractivity contribution in [3.8, 4) is 5.75 Å². The molecule has 4 rings (SSSR count). The number of aryl methyl sites for hydroxylation is 1. The van der Waals surface area contributed by atoms with Crippen LogP contribution in [0.4, 0.5) is 23.2 Å². The third-order valence-corrected chi connectivity index (χ3v) is 6.13. The summed E-state index contributed by atoms with van der Waals surface area (Å²) in [5.41, 5.74) is -2.21. The van der Waals surface area contributed by atoms with Gasteiger partial charge in [-0.25, -0.2) is 14.4 Å². The van der Waals surface area contributed by atoms with Crippen LogP contribution in [0.1, 0.15) is 55.1 Å². The minimum Gasteiger partial charge on any atom is -0.505 e. The van der Waals surface area contributed by atoms with Crippen LogP contribution in [-0.2, 0) is 0 Å². The number of nitrogens with zero attached hydrogens (tertiary/aromatic N) is 2. The smallest absolute Gasteiger partial charge is 0.419 e. The average Bonchev–Trinajstić information content (AvgIpc) is 2.72. The molecule has 0 spiro atoms. The number of benzene rings is 2. The first-order valence-electron chi connectivity index (χ1n) is 10.4. The SMILES string of the molecule is CCCC1CC(O)(C(F)(F)F)C(Nc2cccc3nc(C)ncc23)c2ccc(F)c(O)c21. The molecule has 3 aromatic rings. The fourth-order valence-corrected chi connectivity index (χ4v) is 4.63. The van der Waals surface area contributed by atoms with E-state index in [-0.39, 0.29) is 17.5 Å². The molecule has 32 heavy (non-hydrogen) atoms. The lowest BCUT2D eigenvalue weighted by Crippen LogP contribution is -2.55. The van der Waals surface area contributed by atoms with Gasteiger partial charge >= 0.3 is 6.18 Å². The molecule has 9 heteroatoms. The quantitative estimate of drug-likeness (QED) is 0.458. The van der Waals surface area contributed by atoms with E-state index in [4.69, 9.17) is 0 Å². The van der Waals surface area contributed by atoms with Crippen LogP contribution >= 0.6 is 0 Å². The van der Waals surface area contributed by atoms with Gasteiger partial charge in [0.25, 0.3) is 0 Å². The molecule has 2 aromatic carbocycles. The van der Waals surface area contributed by atoms with Crippen molar-refractivity contribution in [3.05, 3.63) is 59.3 Å². The van der Waals surface area contributed by atoms with Crippen molar-refractivity contribution in [3.63, 3.8) is 0 Å². The second kappa shape index (κ2) is 7.88. The van der Waals surface area contributed by atoms with E-state index in [9.17, 15) is 27.8 Å². The van der Waals surface area contributed by atoms with Gasteiger partial charge in [-0.15, -0.1) is 0 Å². The summed E-state index contributed by atoms with van der Waals surface area (Å²) in [5, 5.41) is 24.8. The minimum absolute atomic E-state index is 0.0125. The molecule has 3 N–H and O–H groups in total. The van der Waals surface area contributed by atoms with Crippen LogP contribution in [0.15, 0.2) is 36.5 Å². The van der Waals surface area contributed by atoms with Gasteiger partial charge in [-0.05, 0) is 49.4 Å². The number of phenols is 1. The van der Waals surface area contributed by atoms with Gasteiger partial charge in [-0.3, -0.25) is 0 Å². The second-order valence-corrected chi connectivity index (χ2v) is 8.24. The van der Waals surface area contributed by atoms with Crippen molar-refractivity contribution >= 4 is 16.6 Å². The highest BCUT2D eigenvalue weighted by molar-refractivity contribution is 5.91. The van der Waals surface area contributed by atoms with Gasteiger partial charge in [0.2, 0.25) is 0 Å². The maximum atomic E-state index is 14.3. The zero-order valence-corrected chi connectivity index (χ0v) is 17.5. The second-order valence-electron chi connectivity index (χ2n) is 8.24. The number of nitrogens with one attached hydrogen (secondary N) is 1. The highest BCUT2D eigenvalue weighted by Gasteiger charge is 2.62. The molecule has 1 heterocycles. The third kappa shape index (κ3) is 3.54. The topological polar surface area (TPSA) is 78.3 Å². The number of rotatable bonds is 4. The maximum Gasteiger partial charge on any atom is 0.419 e. The zero-order valence-electron chi connectivity index (χ0n) is 17.5. The van der Waals surface area contributed by atoms with E-state index in [2.05, 4.69) is 15.3 Å². The molecule has 0 saturated heterocycles. The van der Waals surface area contributed by atoms with Crippen molar-refractivity contribution in [1.82, 2.24) is 9.97 Å². The van der Waals surface area contributed by atoms with E-state index in [1.165, 1.54) is 12.3 Å². The Morgan fingerprint density at radius 2 is 1.97 bits per heavy atom. The third-order valence-electron chi connectivity index (χ3n) is 6.13. The lowest BCUT2D eigenvalue weighted by molar-refractivity contribution is -0.273. The van der Waals surface area contributed by atoms with Gasteiger partial charge in [0.05, 0.1) is 11.6 Å². The van der Waals surface area contributed by atoms with E-state index in [0.717, 1.165) is 6.07 Å². The Hall–Kier alpha value is -2.94. The minimum atomic E-state index is -4.98. The van der Waals surface area contributed by atoms with Crippen LogP contribution in [0.3, 0.4) is 0 Å². The first-order valence-corrected chi connectivity index (χ1v) is 10.4. The molecule has 1 aliphatic carbocycles. The van der Waals surface area contributed by atoms with Crippen molar-refractivity contribution < 1.29 is 27.8 Å². The standard InChI is InChI=1S/C23H23F4N3O2/c1-3-5-13-10-22(32,23(25,26)27)21(14-8-9-16(24)20(31)19(13)14)30-18-7-4-6-17-15(18)11-28-12(2)29-17/h4,6-9,11,13,21,30-32H,3,5,10H2,1-2H3. The molecule has 1 aliphatic rings. The van der Waals surface area contributed by atoms with E-state index < -0.39 is 41.7 Å². The normalized spacial score (nSPS) is 23.2. The number of hydrogen-bond acceptors (Lipinski definition) is 5. The molecule has 0 aliphatic heterocycles. The van der Waals surface area contributed by atoms with Crippen LogP contribution in [0.25, 0.3) is 10.9 Å². The summed E-state index contributed by atoms with van der Waals surface area (Å²) in [6.07, 6.45) is -3.41. The van der Waals surface area contributed by atoms with Crippen molar-refractivity contribution in [2.24, 2.45) is 0 Å². The molecule has 0 radical (unpaired) electrons. The highest BCUT2D eigenvalue weighted by Crippen LogP contribution is 2.55. The summed E-state index contributed by atoms with van der Waals surface area (Å²) in [7, 11) is 0. The number of aromatic nitrogens is 2. The maximum absolute atomic E-state index is 14.3. The van der Waals surface area contributed by atoms with Crippen LogP contribution in [0.2, 0.25) is 0 Å². The van der Waals surface area contributed by atoms with Gasteiger partial charge in [-0.2, -0.15) is 13.2 Å². The van der Waals surface area contributed by atoms with Crippen molar-refractivity contribution in [1.29, 1.82) is 0 Å². The molecular weight excluding hydrogens is 426 g/mol. The van der Waals surface area contributed by atoms with Crippen LogP contribution < -0.4 is 5.32 Å². The Kier molecular flexibility index (Phi) is 5.48. The van der Waals surface area contributed by atoms with Crippen LogP contribution in [-0.4, -0.2) is 32.0 Å². The summed E-state index contributed by atoms with van der Waals surface area (Å²) < 4.78 is 57.0. The van der Waals surface area contributed by atoms with Crippen molar-refractivity contribution in [2.75, 3.05) is 5.32 Å². The Balaban J connectivity index is 1.92. The molecule has 3 atom stereocenters. The molecular formula is C23H23F4N3O2. The number of hydrogen-bond donors (Lipinski definition) is 3. The number of aliphatic hydroxyl groups is 1. The van der Waals surface area contributed by atoms with E-state index in [0.29, 0.717) is 28.8 Å². The lowest BCUT2D eigenvalue weighted by atomic mass is 9.68. The number of halogens is 4. The van der Waals surface area contributed by atoms with Crippen LogP contribution in [0.5, 0.6) is 5.75 Å². The van der Waals surface area contributed by atoms with Crippen LogP contribution in [0, 0.1) is 12.7 Å². The van der Waals surface area contributed by atoms with E-state index in [1.54, 1.807) is 32.0 Å². The van der Waals surface area contributed by atoms with E-state index >= 15 is 0 Å². The number of aromatic hydroxyl groups is 1. The molecule has 0 saturated carbocycles. The lowest BCUT2D eigenvalue weighted by Gasteiger charge is -2.46. The van der Waals surface area contributed by atoms with Crippen molar-refractivity contribution in [2.45, 2.75) is 56.8 Å². The van der Waals surface area contributed by atoms with Gasteiger partial charge in [0.15, 0.2) is 17.2 Å². The Bertz CT molecular complexity index is 1170. The number of anilines is 1. The summed E-state index contributed by atoms with van der Waals surface area (Å²) in [6.45, 7) is 3.48. The van der Waals surface area contributed by atoms with Gasteiger partial charge in [0, 0.05) is 22.8 Å². The van der Waals surface area contributed by atoms with Gasteiger partial charge in [-0.1, -0.05) is 25.5 Å². The molecule has 5 nitrogen and oxygen atoms in total. The highest BCUT2D eigenvalue weighted by atomic mass is 19.4.